The van der Waals surface area contributed by atoms with Gasteiger partial charge in [-0.3, -0.25) is 0 Å². The Labute approximate surface area is 419 Å². The zero-order valence-electron chi connectivity index (χ0n) is 41.1. The summed E-state index contributed by atoms with van der Waals surface area (Å²) >= 11 is -0.826. The number of fused-ring (bicyclic) bond motifs is 5. The second-order valence-electron chi connectivity index (χ2n) is 19.0. The molecule has 0 bridgehead atoms. The van der Waals surface area contributed by atoms with Crippen LogP contribution in [0.1, 0.15) is 152 Å². The SMILES string of the molecule is CCCCc1cc2c(-c3ccccc3C(C)C)c(C(C)C)ccc2[cH-]1.CCCCc1cc2c(-c3ccccc3C(C)C)c(C(C)C)ccc2[cH-]1.[Cl][Zr][Cl].[c-]1cccc2c1[Si]c1ccccc1-2. The number of rotatable bonds is 12. The summed E-state index contributed by atoms with van der Waals surface area (Å²) in [6.45, 7) is 23.0. The maximum absolute atomic E-state index is 4.93. The molecule has 0 saturated heterocycles. The van der Waals surface area contributed by atoms with E-state index in [2.05, 4.69) is 209 Å². The molecule has 0 fully saturated rings. The van der Waals surface area contributed by atoms with Crippen molar-refractivity contribution in [1.29, 1.82) is 0 Å². The zero-order valence-corrected chi connectivity index (χ0v) is 46.1. The van der Waals surface area contributed by atoms with E-state index < -0.39 is 20.8 Å². The first-order chi connectivity index (χ1) is 31.9. The van der Waals surface area contributed by atoms with Crippen LogP contribution in [0, 0.1) is 6.07 Å². The standard InChI is InChI=1S/2C25H31.C12H7Si.2ClH.Zr/c2*1-6-7-10-19-15-20-13-14-22(18(4)5)25(24(20)16-19)23-12-9-8-11-21(23)17(2)3;1-3-7-11-9(5-1)10-6-2-4-8-12(10)13-11;;;/h2*8-9,11-18H,6-7,10H2,1-5H3;1-7H;2*1H;/q3*-1;;;+2/p-2. The molecule has 0 amide bonds. The van der Waals surface area contributed by atoms with Gasteiger partial charge in [0.15, 0.2) is 0 Å². The van der Waals surface area contributed by atoms with E-state index in [9.17, 15) is 0 Å². The second kappa shape index (κ2) is 25.0. The molecule has 0 saturated carbocycles. The van der Waals surface area contributed by atoms with E-state index in [1.54, 1.807) is 0 Å². The van der Waals surface area contributed by atoms with Crippen molar-refractivity contribution in [2.45, 2.75) is 131 Å². The molecule has 2 radical (unpaired) electrons. The molecule has 1 heterocycles. The first kappa shape index (κ1) is 51.6. The molecule has 0 spiro atoms. The van der Waals surface area contributed by atoms with Gasteiger partial charge in [-0.1, -0.05) is 201 Å². The van der Waals surface area contributed by atoms with Crippen molar-refractivity contribution >= 4 is 58.5 Å². The van der Waals surface area contributed by atoms with Crippen molar-refractivity contribution in [2.75, 3.05) is 0 Å². The van der Waals surface area contributed by atoms with Gasteiger partial charge in [0.05, 0.1) is 9.52 Å². The Balaban J connectivity index is 0.000000166. The number of hydrogen-bond donors (Lipinski definition) is 0. The predicted octanol–water partition coefficient (Wildman–Crippen LogP) is 18.1. The molecule has 66 heavy (non-hydrogen) atoms. The number of aryl methyl sites for hydroxylation is 2. The minimum Gasteiger partial charge on any atom is -0.184 e. The van der Waals surface area contributed by atoms with Crippen LogP contribution in [-0.2, 0) is 33.7 Å². The minimum atomic E-state index is -0.826. The Kier molecular flexibility index (Phi) is 19.6. The third-order valence-corrected chi connectivity index (χ3v) is 14.3. The summed E-state index contributed by atoms with van der Waals surface area (Å²) in [7, 11) is 10.7. The van der Waals surface area contributed by atoms with Gasteiger partial charge < -0.3 is 0 Å². The van der Waals surface area contributed by atoms with Crippen molar-refractivity contribution in [2.24, 2.45) is 0 Å². The van der Waals surface area contributed by atoms with Crippen molar-refractivity contribution in [3.05, 3.63) is 179 Å². The fourth-order valence-corrected chi connectivity index (χ4v) is 10.8. The molecule has 1 aliphatic heterocycles. The third-order valence-electron chi connectivity index (χ3n) is 12.9. The molecular weight excluding hydrogens is 935 g/mol. The number of unbranched alkanes of at least 4 members (excludes halogenated alkanes) is 2. The Bertz CT molecular complexity index is 2590. The molecular formula is C62H69Cl2SiZr-3. The normalized spacial score (nSPS) is 11.6. The first-order valence-electron chi connectivity index (χ1n) is 24.4. The van der Waals surface area contributed by atoms with E-state index >= 15 is 0 Å². The van der Waals surface area contributed by atoms with E-state index in [0.29, 0.717) is 23.7 Å². The van der Waals surface area contributed by atoms with Crippen LogP contribution < -0.4 is 10.4 Å². The van der Waals surface area contributed by atoms with Crippen molar-refractivity contribution in [3.63, 3.8) is 0 Å². The monoisotopic (exact) mass is 1000 g/mol. The number of benzene rings is 6. The smallest absolute Gasteiger partial charge is 0.0920 e. The van der Waals surface area contributed by atoms with Crippen molar-refractivity contribution in [1.82, 2.24) is 0 Å². The molecule has 0 N–H and O–H groups in total. The van der Waals surface area contributed by atoms with Gasteiger partial charge >= 0.3 is 37.9 Å². The fraction of sp³-hybridized carbons (Fsp3) is 0.323. The largest absolute Gasteiger partial charge is 0.184 e. The van der Waals surface area contributed by atoms with Crippen LogP contribution in [0.2, 0.25) is 0 Å². The quantitative estimate of drug-likeness (QED) is 0.0845. The molecule has 0 nitrogen and oxygen atoms in total. The first-order valence-corrected chi connectivity index (χ1v) is 31.7. The molecule has 0 atom stereocenters. The third kappa shape index (κ3) is 12.5. The van der Waals surface area contributed by atoms with Crippen molar-refractivity contribution in [3.8, 4) is 33.4 Å². The summed E-state index contributed by atoms with van der Waals surface area (Å²) in [5.41, 5.74) is 17.3. The molecule has 4 heteroatoms. The molecule has 0 unspecified atom stereocenters. The zero-order chi connectivity index (χ0) is 47.3. The Morgan fingerprint density at radius 1 is 0.500 bits per heavy atom. The van der Waals surface area contributed by atoms with Gasteiger partial charge in [0.1, 0.15) is 0 Å². The summed E-state index contributed by atoms with van der Waals surface area (Å²) in [5.74, 6) is 2.10. The van der Waals surface area contributed by atoms with Gasteiger partial charge in [0, 0.05) is 0 Å². The Morgan fingerprint density at radius 2 is 0.909 bits per heavy atom. The average Bonchev–Trinajstić information content (AvgIpc) is 4.05. The molecule has 1 aliphatic rings. The molecule has 8 aromatic carbocycles. The summed E-state index contributed by atoms with van der Waals surface area (Å²) < 4.78 is 0. The predicted molar refractivity (Wildman–Crippen MR) is 291 cm³/mol. The van der Waals surface area contributed by atoms with Crippen LogP contribution >= 0.6 is 17.0 Å². The molecule has 342 valence electrons. The molecule has 0 aliphatic carbocycles. The van der Waals surface area contributed by atoms with Crippen LogP contribution in [0.25, 0.3) is 54.9 Å². The van der Waals surface area contributed by atoms with Gasteiger partial charge in [-0.25, -0.2) is 0 Å². The molecule has 8 aromatic rings. The van der Waals surface area contributed by atoms with E-state index in [1.165, 1.54) is 137 Å². The van der Waals surface area contributed by atoms with Gasteiger partial charge in [0.2, 0.25) is 0 Å². The van der Waals surface area contributed by atoms with Crippen LogP contribution in [0.4, 0.5) is 0 Å². The molecule has 0 aromatic heterocycles. The van der Waals surface area contributed by atoms with E-state index in [0.717, 1.165) is 9.52 Å². The average molecular weight is 1000 g/mol. The summed E-state index contributed by atoms with van der Waals surface area (Å²) in [6, 6.07) is 55.1. The van der Waals surface area contributed by atoms with E-state index in [4.69, 9.17) is 17.0 Å². The fourth-order valence-electron chi connectivity index (χ4n) is 9.52. The number of halogens is 2. The second-order valence-corrected chi connectivity index (χ2v) is 24.0. The van der Waals surface area contributed by atoms with Crippen LogP contribution in [0.15, 0.2) is 140 Å². The van der Waals surface area contributed by atoms with Crippen LogP contribution in [-0.4, -0.2) is 9.52 Å². The van der Waals surface area contributed by atoms with Gasteiger partial charge in [0.25, 0.3) is 0 Å². The summed E-state index contributed by atoms with van der Waals surface area (Å²) in [4.78, 5) is 0. The Morgan fingerprint density at radius 3 is 1.35 bits per heavy atom. The van der Waals surface area contributed by atoms with Gasteiger partial charge in [-0.2, -0.15) is 41.6 Å². The topological polar surface area (TPSA) is 0 Å². The molecule has 9 rings (SSSR count). The van der Waals surface area contributed by atoms with E-state index in [-0.39, 0.29) is 0 Å². The van der Waals surface area contributed by atoms with Crippen molar-refractivity contribution < 1.29 is 20.8 Å². The minimum absolute atomic E-state index is 0.522. The van der Waals surface area contributed by atoms with Crippen LogP contribution in [0.3, 0.4) is 0 Å². The van der Waals surface area contributed by atoms with Crippen LogP contribution in [0.5, 0.6) is 0 Å². The maximum Gasteiger partial charge on any atom is 0.0920 e. The number of hydrogen-bond acceptors (Lipinski definition) is 0. The Hall–Kier alpha value is -3.78. The van der Waals surface area contributed by atoms with Gasteiger partial charge in [-0.15, -0.1) is 74.6 Å². The maximum atomic E-state index is 4.93. The van der Waals surface area contributed by atoms with E-state index in [1.807, 2.05) is 6.07 Å². The summed E-state index contributed by atoms with van der Waals surface area (Å²) in [6.07, 6.45) is 7.42. The summed E-state index contributed by atoms with van der Waals surface area (Å²) in [5, 5.41) is 8.48. The van der Waals surface area contributed by atoms with Gasteiger partial charge in [-0.05, 0) is 58.8 Å².